The van der Waals surface area contributed by atoms with Crippen molar-refractivity contribution in [2.24, 2.45) is 5.92 Å². The summed E-state index contributed by atoms with van der Waals surface area (Å²) >= 11 is 3.03. The van der Waals surface area contributed by atoms with E-state index in [0.29, 0.717) is 10.0 Å². The van der Waals surface area contributed by atoms with Crippen LogP contribution in [0.3, 0.4) is 0 Å². The average molecular weight is 354 g/mol. The number of halogens is 4. The number of alkyl halides is 3. The number of hydrogen-bond donors (Lipinski definition) is 2. The fraction of sp³-hybridized carbons (Fsp3) is 0.462. The second-order valence-corrected chi connectivity index (χ2v) is 5.70. The van der Waals surface area contributed by atoms with E-state index < -0.39 is 23.8 Å². The van der Waals surface area contributed by atoms with Gasteiger partial charge in [0.25, 0.3) is 0 Å². The highest BCUT2D eigenvalue weighted by Crippen LogP contribution is 2.32. The van der Waals surface area contributed by atoms with Gasteiger partial charge in [-0.05, 0) is 29.7 Å². The van der Waals surface area contributed by atoms with E-state index in [-0.39, 0.29) is 12.5 Å². The van der Waals surface area contributed by atoms with Crippen molar-refractivity contribution < 1.29 is 23.1 Å². The van der Waals surface area contributed by atoms with Crippen LogP contribution in [0, 0.1) is 5.92 Å². The van der Waals surface area contributed by atoms with E-state index in [1.807, 2.05) is 0 Å². The molecule has 0 heterocycles. The molecule has 1 aromatic carbocycles. The summed E-state index contributed by atoms with van der Waals surface area (Å²) < 4.78 is 38.3. The van der Waals surface area contributed by atoms with Gasteiger partial charge in [-0.2, -0.15) is 13.2 Å². The summed E-state index contributed by atoms with van der Waals surface area (Å²) in [4.78, 5) is 11.0. The number of aliphatic carboxylic acids is 1. The van der Waals surface area contributed by atoms with Crippen LogP contribution in [-0.2, 0) is 17.5 Å². The van der Waals surface area contributed by atoms with E-state index in [9.17, 15) is 18.0 Å². The van der Waals surface area contributed by atoms with E-state index in [0.717, 1.165) is 12.1 Å². The van der Waals surface area contributed by atoms with Crippen LogP contribution in [-0.4, -0.2) is 17.1 Å². The van der Waals surface area contributed by atoms with Gasteiger partial charge in [-0.3, -0.25) is 4.79 Å². The van der Waals surface area contributed by atoms with Gasteiger partial charge in [-0.15, -0.1) is 0 Å². The molecular formula is C13H15BrF3NO2. The van der Waals surface area contributed by atoms with Gasteiger partial charge in [-0.1, -0.05) is 29.8 Å². The maximum absolute atomic E-state index is 12.7. The number of carboxylic acid groups (broad SMARTS) is 1. The number of carbonyl (C=O) groups is 1. The van der Waals surface area contributed by atoms with Crippen LogP contribution in [0.15, 0.2) is 22.7 Å². The molecule has 0 spiro atoms. The Bertz CT molecular complexity index is 489. The standard InChI is InChI=1S/C13H15BrF3NO2/c1-7(2)11(12(19)20)18-6-8-3-9(13(15,16)17)5-10(14)4-8/h3-5,7,11,18H,6H2,1-2H3,(H,19,20)/t11-/m1/s1. The summed E-state index contributed by atoms with van der Waals surface area (Å²) in [6.07, 6.45) is -4.43. The first-order valence-electron chi connectivity index (χ1n) is 5.94. The molecule has 0 radical (unpaired) electrons. The zero-order valence-electron chi connectivity index (χ0n) is 11.0. The molecule has 1 aromatic rings. The lowest BCUT2D eigenvalue weighted by Gasteiger charge is -2.18. The first-order valence-corrected chi connectivity index (χ1v) is 6.73. The van der Waals surface area contributed by atoms with Crippen LogP contribution >= 0.6 is 15.9 Å². The largest absolute Gasteiger partial charge is 0.480 e. The first-order chi connectivity index (χ1) is 9.11. The van der Waals surface area contributed by atoms with Crippen LogP contribution in [0.2, 0.25) is 0 Å². The molecule has 1 atom stereocenters. The minimum absolute atomic E-state index is 0.0532. The molecule has 3 nitrogen and oxygen atoms in total. The summed E-state index contributed by atoms with van der Waals surface area (Å²) in [7, 11) is 0. The van der Waals surface area contributed by atoms with Crippen LogP contribution in [0.25, 0.3) is 0 Å². The van der Waals surface area contributed by atoms with Gasteiger partial charge in [0, 0.05) is 11.0 Å². The minimum atomic E-state index is -4.43. The Morgan fingerprint density at radius 3 is 2.40 bits per heavy atom. The third-order valence-corrected chi connectivity index (χ3v) is 3.20. The summed E-state index contributed by atoms with van der Waals surface area (Å²) in [5.41, 5.74) is -0.390. The van der Waals surface area contributed by atoms with Crippen LogP contribution < -0.4 is 5.32 Å². The van der Waals surface area contributed by atoms with Crippen molar-refractivity contribution >= 4 is 21.9 Å². The summed E-state index contributed by atoms with van der Waals surface area (Å²) in [5, 5.41) is 11.8. The number of benzene rings is 1. The molecule has 112 valence electrons. The molecule has 0 saturated heterocycles. The highest BCUT2D eigenvalue weighted by molar-refractivity contribution is 9.10. The smallest absolute Gasteiger partial charge is 0.416 e. The van der Waals surface area contributed by atoms with Crippen molar-refractivity contribution in [1.82, 2.24) is 5.32 Å². The van der Waals surface area contributed by atoms with E-state index in [2.05, 4.69) is 21.2 Å². The second kappa shape index (κ2) is 6.58. The third-order valence-electron chi connectivity index (χ3n) is 2.74. The van der Waals surface area contributed by atoms with Gasteiger partial charge in [0.2, 0.25) is 0 Å². The summed E-state index contributed by atoms with van der Waals surface area (Å²) in [6, 6.07) is 2.72. The van der Waals surface area contributed by atoms with Gasteiger partial charge >= 0.3 is 12.1 Å². The lowest BCUT2D eigenvalue weighted by atomic mass is 10.0. The maximum Gasteiger partial charge on any atom is 0.416 e. The lowest BCUT2D eigenvalue weighted by Crippen LogP contribution is -2.40. The van der Waals surface area contributed by atoms with Crippen molar-refractivity contribution in [2.75, 3.05) is 0 Å². The number of carboxylic acids is 1. The molecule has 2 N–H and O–H groups in total. The van der Waals surface area contributed by atoms with Crippen LogP contribution in [0.5, 0.6) is 0 Å². The molecule has 0 amide bonds. The van der Waals surface area contributed by atoms with E-state index in [1.165, 1.54) is 6.07 Å². The molecule has 7 heteroatoms. The Balaban J connectivity index is 2.88. The van der Waals surface area contributed by atoms with Gasteiger partial charge in [0.05, 0.1) is 5.56 Å². The van der Waals surface area contributed by atoms with Gasteiger partial charge < -0.3 is 10.4 Å². The van der Waals surface area contributed by atoms with Crippen molar-refractivity contribution in [1.29, 1.82) is 0 Å². The molecule has 0 aliphatic carbocycles. The quantitative estimate of drug-likeness (QED) is 0.849. The number of nitrogens with one attached hydrogen (secondary N) is 1. The first kappa shape index (κ1) is 17.0. The van der Waals surface area contributed by atoms with Crippen molar-refractivity contribution in [3.05, 3.63) is 33.8 Å². The van der Waals surface area contributed by atoms with Gasteiger partial charge in [0.15, 0.2) is 0 Å². The Hall–Kier alpha value is -1.08. The molecule has 0 unspecified atom stereocenters. The molecule has 0 aliphatic heterocycles. The fourth-order valence-corrected chi connectivity index (χ4v) is 2.29. The monoisotopic (exact) mass is 353 g/mol. The predicted octanol–water partition coefficient (Wildman–Crippen LogP) is 3.67. The van der Waals surface area contributed by atoms with Crippen LogP contribution in [0.4, 0.5) is 13.2 Å². The molecule has 0 bridgehead atoms. The summed E-state index contributed by atoms with van der Waals surface area (Å²) in [5.74, 6) is -1.19. The topological polar surface area (TPSA) is 49.3 Å². The Morgan fingerprint density at radius 2 is 1.95 bits per heavy atom. The molecule has 0 fully saturated rings. The average Bonchev–Trinajstić information content (AvgIpc) is 2.26. The zero-order chi connectivity index (χ0) is 15.5. The molecule has 0 saturated carbocycles. The summed E-state index contributed by atoms with van der Waals surface area (Å²) in [6.45, 7) is 3.51. The van der Waals surface area contributed by atoms with E-state index in [4.69, 9.17) is 5.11 Å². The highest BCUT2D eigenvalue weighted by atomic mass is 79.9. The maximum atomic E-state index is 12.7. The van der Waals surface area contributed by atoms with Crippen molar-refractivity contribution in [3.8, 4) is 0 Å². The predicted molar refractivity (Wildman–Crippen MR) is 72.2 cm³/mol. The highest BCUT2D eigenvalue weighted by Gasteiger charge is 2.31. The Labute approximate surface area is 123 Å². The molecular weight excluding hydrogens is 339 g/mol. The number of hydrogen-bond acceptors (Lipinski definition) is 2. The third kappa shape index (κ3) is 4.79. The number of rotatable bonds is 5. The Morgan fingerprint density at radius 1 is 1.35 bits per heavy atom. The fourth-order valence-electron chi connectivity index (χ4n) is 1.75. The van der Waals surface area contributed by atoms with E-state index >= 15 is 0 Å². The SMILES string of the molecule is CC(C)[C@@H](NCc1cc(Br)cc(C(F)(F)F)c1)C(=O)O. The minimum Gasteiger partial charge on any atom is -0.480 e. The molecule has 20 heavy (non-hydrogen) atoms. The normalized spacial score (nSPS) is 13.6. The van der Waals surface area contributed by atoms with Gasteiger partial charge in [-0.25, -0.2) is 0 Å². The van der Waals surface area contributed by atoms with Crippen molar-refractivity contribution in [2.45, 2.75) is 32.6 Å². The van der Waals surface area contributed by atoms with E-state index in [1.54, 1.807) is 13.8 Å². The second-order valence-electron chi connectivity index (χ2n) is 4.79. The zero-order valence-corrected chi connectivity index (χ0v) is 12.5. The molecule has 1 rings (SSSR count). The Kier molecular flexibility index (Phi) is 5.59. The van der Waals surface area contributed by atoms with Crippen LogP contribution in [0.1, 0.15) is 25.0 Å². The molecule has 0 aliphatic rings. The lowest BCUT2D eigenvalue weighted by molar-refractivity contribution is -0.141. The van der Waals surface area contributed by atoms with Gasteiger partial charge in [0.1, 0.15) is 6.04 Å². The van der Waals surface area contributed by atoms with Crippen molar-refractivity contribution in [3.63, 3.8) is 0 Å². The molecule has 0 aromatic heterocycles.